The molecule has 0 aromatic heterocycles. The Labute approximate surface area is 116 Å². The molecule has 1 aliphatic carbocycles. The number of nitrogens with one attached hydrogen (secondary N) is 1. The fourth-order valence-corrected chi connectivity index (χ4v) is 3.01. The first-order valence-corrected chi connectivity index (χ1v) is 7.14. The van der Waals surface area contributed by atoms with Crippen molar-refractivity contribution in [1.29, 1.82) is 0 Å². The van der Waals surface area contributed by atoms with Crippen molar-refractivity contribution < 1.29 is 0 Å². The lowest BCUT2D eigenvalue weighted by Gasteiger charge is -2.17. The van der Waals surface area contributed by atoms with E-state index in [1.165, 1.54) is 35.2 Å². The molecule has 1 atom stereocenters. The van der Waals surface area contributed by atoms with Crippen molar-refractivity contribution in [3.05, 3.63) is 63.6 Å². The van der Waals surface area contributed by atoms with Gasteiger partial charge in [0, 0.05) is 10.2 Å². The lowest BCUT2D eigenvalue weighted by Crippen LogP contribution is -2.07. The summed E-state index contributed by atoms with van der Waals surface area (Å²) >= 11 is 3.62. The van der Waals surface area contributed by atoms with Crippen LogP contribution in [0.15, 0.2) is 46.9 Å². The van der Waals surface area contributed by atoms with E-state index in [-0.39, 0.29) is 0 Å². The zero-order valence-corrected chi connectivity index (χ0v) is 12.0. The molecule has 0 saturated carbocycles. The molecule has 18 heavy (non-hydrogen) atoms. The minimum Gasteiger partial charge on any atom is -0.377 e. The standard InChI is InChI=1S/C16H16BrN/c1-11-6-8-14(17)16(10-11)18-15-9-7-12-4-2-3-5-13(12)15/h2-6,8,10,15,18H,7,9H2,1H3. The highest BCUT2D eigenvalue weighted by Gasteiger charge is 2.21. The number of fused-ring (bicyclic) bond motifs is 1. The summed E-state index contributed by atoms with van der Waals surface area (Å²) in [5.74, 6) is 0. The number of rotatable bonds is 2. The maximum absolute atomic E-state index is 3.66. The van der Waals surface area contributed by atoms with E-state index >= 15 is 0 Å². The summed E-state index contributed by atoms with van der Waals surface area (Å²) in [6.45, 7) is 2.13. The largest absolute Gasteiger partial charge is 0.377 e. The summed E-state index contributed by atoms with van der Waals surface area (Å²) in [4.78, 5) is 0. The highest BCUT2D eigenvalue weighted by atomic mass is 79.9. The molecule has 1 nitrogen and oxygen atoms in total. The number of aryl methyl sites for hydroxylation is 2. The summed E-state index contributed by atoms with van der Waals surface area (Å²) < 4.78 is 1.14. The molecule has 2 heteroatoms. The number of hydrogen-bond donors (Lipinski definition) is 1. The molecule has 2 aromatic carbocycles. The summed E-state index contributed by atoms with van der Waals surface area (Å²) in [6, 6.07) is 15.6. The zero-order chi connectivity index (χ0) is 12.5. The third-order valence-electron chi connectivity index (χ3n) is 3.58. The van der Waals surface area contributed by atoms with Crippen LogP contribution in [-0.4, -0.2) is 0 Å². The van der Waals surface area contributed by atoms with Gasteiger partial charge in [0.15, 0.2) is 0 Å². The van der Waals surface area contributed by atoms with Gasteiger partial charge in [-0.3, -0.25) is 0 Å². The highest BCUT2D eigenvalue weighted by molar-refractivity contribution is 9.10. The lowest BCUT2D eigenvalue weighted by molar-refractivity contribution is 0.761. The van der Waals surface area contributed by atoms with E-state index in [1.54, 1.807) is 0 Å². The molecule has 0 aliphatic heterocycles. The van der Waals surface area contributed by atoms with E-state index < -0.39 is 0 Å². The van der Waals surface area contributed by atoms with Gasteiger partial charge in [-0.2, -0.15) is 0 Å². The Kier molecular flexibility index (Phi) is 3.13. The summed E-state index contributed by atoms with van der Waals surface area (Å²) in [7, 11) is 0. The second-order valence-electron chi connectivity index (χ2n) is 4.92. The monoisotopic (exact) mass is 301 g/mol. The van der Waals surface area contributed by atoms with Gasteiger partial charge in [-0.05, 0) is 64.5 Å². The van der Waals surface area contributed by atoms with Gasteiger partial charge in [0.2, 0.25) is 0 Å². The second-order valence-corrected chi connectivity index (χ2v) is 5.77. The predicted molar refractivity (Wildman–Crippen MR) is 80.0 cm³/mol. The summed E-state index contributed by atoms with van der Waals surface area (Å²) in [5, 5.41) is 3.66. The highest BCUT2D eigenvalue weighted by Crippen LogP contribution is 2.35. The predicted octanol–water partition coefficient (Wildman–Crippen LogP) is 4.86. The van der Waals surface area contributed by atoms with Gasteiger partial charge in [0.25, 0.3) is 0 Å². The van der Waals surface area contributed by atoms with Crippen LogP contribution in [0.2, 0.25) is 0 Å². The van der Waals surface area contributed by atoms with Crippen LogP contribution < -0.4 is 5.32 Å². The summed E-state index contributed by atoms with van der Waals surface area (Å²) in [6.07, 6.45) is 2.36. The Morgan fingerprint density at radius 2 is 2.00 bits per heavy atom. The number of halogens is 1. The first-order chi connectivity index (χ1) is 8.74. The first kappa shape index (κ1) is 11.8. The van der Waals surface area contributed by atoms with Gasteiger partial charge < -0.3 is 5.32 Å². The fourth-order valence-electron chi connectivity index (χ4n) is 2.64. The van der Waals surface area contributed by atoms with Crippen LogP contribution in [0.3, 0.4) is 0 Å². The molecule has 92 valence electrons. The number of hydrogen-bond acceptors (Lipinski definition) is 1. The maximum Gasteiger partial charge on any atom is 0.0520 e. The summed E-state index contributed by atoms with van der Waals surface area (Å²) in [5.41, 5.74) is 5.41. The van der Waals surface area contributed by atoms with Crippen LogP contribution in [0.5, 0.6) is 0 Å². The third-order valence-corrected chi connectivity index (χ3v) is 4.28. The van der Waals surface area contributed by atoms with Crippen molar-refractivity contribution in [3.63, 3.8) is 0 Å². The molecule has 1 N–H and O–H groups in total. The van der Waals surface area contributed by atoms with Crippen LogP contribution in [0, 0.1) is 6.92 Å². The molecular weight excluding hydrogens is 286 g/mol. The minimum atomic E-state index is 0.444. The normalized spacial score (nSPS) is 17.6. The van der Waals surface area contributed by atoms with E-state index in [4.69, 9.17) is 0 Å². The van der Waals surface area contributed by atoms with Gasteiger partial charge >= 0.3 is 0 Å². The Hall–Kier alpha value is -1.28. The molecule has 0 heterocycles. The van der Waals surface area contributed by atoms with Gasteiger partial charge in [-0.25, -0.2) is 0 Å². The Balaban J connectivity index is 1.88. The van der Waals surface area contributed by atoms with E-state index in [9.17, 15) is 0 Å². The molecule has 1 unspecified atom stereocenters. The molecule has 0 amide bonds. The first-order valence-electron chi connectivity index (χ1n) is 6.34. The smallest absolute Gasteiger partial charge is 0.0520 e. The topological polar surface area (TPSA) is 12.0 Å². The van der Waals surface area contributed by atoms with E-state index in [1.807, 2.05) is 0 Å². The molecule has 0 radical (unpaired) electrons. The maximum atomic E-state index is 3.66. The average molecular weight is 302 g/mol. The van der Waals surface area contributed by atoms with Crippen LogP contribution in [0.25, 0.3) is 0 Å². The molecular formula is C16H16BrN. The minimum absolute atomic E-state index is 0.444. The van der Waals surface area contributed by atoms with Crippen molar-refractivity contribution in [1.82, 2.24) is 0 Å². The van der Waals surface area contributed by atoms with Crippen molar-refractivity contribution in [2.45, 2.75) is 25.8 Å². The van der Waals surface area contributed by atoms with Crippen molar-refractivity contribution in [2.75, 3.05) is 5.32 Å². The number of benzene rings is 2. The molecule has 0 fully saturated rings. The molecule has 0 saturated heterocycles. The van der Waals surface area contributed by atoms with E-state index in [0.29, 0.717) is 6.04 Å². The van der Waals surface area contributed by atoms with Crippen LogP contribution in [0.1, 0.15) is 29.2 Å². The third kappa shape index (κ3) is 2.17. The van der Waals surface area contributed by atoms with Crippen LogP contribution in [0.4, 0.5) is 5.69 Å². The van der Waals surface area contributed by atoms with Gasteiger partial charge in [-0.1, -0.05) is 30.3 Å². The Morgan fingerprint density at radius 3 is 2.89 bits per heavy atom. The quantitative estimate of drug-likeness (QED) is 0.835. The van der Waals surface area contributed by atoms with Gasteiger partial charge in [0.05, 0.1) is 6.04 Å². The SMILES string of the molecule is Cc1ccc(Br)c(NC2CCc3ccccc32)c1. The molecule has 2 aromatic rings. The molecule has 1 aliphatic rings. The zero-order valence-electron chi connectivity index (χ0n) is 10.4. The Bertz CT molecular complexity index is 577. The van der Waals surface area contributed by atoms with E-state index in [2.05, 4.69) is 70.6 Å². The second kappa shape index (κ2) is 4.77. The molecule has 0 bridgehead atoms. The molecule has 0 spiro atoms. The van der Waals surface area contributed by atoms with Crippen molar-refractivity contribution >= 4 is 21.6 Å². The average Bonchev–Trinajstić information content (AvgIpc) is 2.78. The molecule has 3 rings (SSSR count). The van der Waals surface area contributed by atoms with Gasteiger partial charge in [0.1, 0.15) is 0 Å². The van der Waals surface area contributed by atoms with Crippen LogP contribution >= 0.6 is 15.9 Å². The fraction of sp³-hybridized carbons (Fsp3) is 0.250. The van der Waals surface area contributed by atoms with Gasteiger partial charge in [-0.15, -0.1) is 0 Å². The lowest BCUT2D eigenvalue weighted by atomic mass is 10.1. The van der Waals surface area contributed by atoms with Crippen LogP contribution in [-0.2, 0) is 6.42 Å². The van der Waals surface area contributed by atoms with Crippen molar-refractivity contribution in [2.24, 2.45) is 0 Å². The van der Waals surface area contributed by atoms with Crippen molar-refractivity contribution in [3.8, 4) is 0 Å². The number of anilines is 1. The Morgan fingerprint density at radius 1 is 1.17 bits per heavy atom. The van der Waals surface area contributed by atoms with E-state index in [0.717, 1.165) is 4.47 Å².